The van der Waals surface area contributed by atoms with Gasteiger partial charge in [-0.1, -0.05) is 61.8 Å². The smallest absolute Gasteiger partial charge is 0.0406 e. The second-order valence-electron chi connectivity index (χ2n) is 5.91. The van der Waals surface area contributed by atoms with Gasteiger partial charge in [0.05, 0.1) is 0 Å². The van der Waals surface area contributed by atoms with Crippen LogP contribution < -0.4 is 5.32 Å². The molecular formula is C19H24ClN. The van der Waals surface area contributed by atoms with E-state index >= 15 is 0 Å². The largest absolute Gasteiger partial charge is 0.319 e. The maximum atomic E-state index is 5.99. The monoisotopic (exact) mass is 301 g/mol. The van der Waals surface area contributed by atoms with Crippen LogP contribution >= 0.6 is 11.6 Å². The highest BCUT2D eigenvalue weighted by Gasteiger charge is 2.12. The van der Waals surface area contributed by atoms with Gasteiger partial charge in [-0.25, -0.2) is 0 Å². The molecule has 1 unspecified atom stereocenters. The van der Waals surface area contributed by atoms with E-state index in [0.717, 1.165) is 18.0 Å². The molecule has 0 spiro atoms. The number of halogens is 1. The molecule has 0 heterocycles. The molecule has 0 saturated heterocycles. The minimum absolute atomic E-state index is 0.470. The molecule has 0 aliphatic heterocycles. The second-order valence-corrected chi connectivity index (χ2v) is 6.34. The molecule has 2 aromatic carbocycles. The van der Waals surface area contributed by atoms with Crippen LogP contribution in [-0.4, -0.2) is 13.6 Å². The molecule has 2 rings (SSSR count). The van der Waals surface area contributed by atoms with Gasteiger partial charge >= 0.3 is 0 Å². The average molecular weight is 302 g/mol. The maximum Gasteiger partial charge on any atom is 0.0406 e. The van der Waals surface area contributed by atoms with Crippen molar-refractivity contribution in [3.8, 4) is 0 Å². The van der Waals surface area contributed by atoms with Gasteiger partial charge in [0.15, 0.2) is 0 Å². The van der Waals surface area contributed by atoms with E-state index in [0.29, 0.717) is 11.8 Å². The fourth-order valence-electron chi connectivity index (χ4n) is 2.61. The van der Waals surface area contributed by atoms with Crippen LogP contribution in [0.1, 0.15) is 42.4 Å². The number of hydrogen-bond donors (Lipinski definition) is 1. The van der Waals surface area contributed by atoms with Crippen LogP contribution in [0.5, 0.6) is 0 Å². The molecular weight excluding hydrogens is 278 g/mol. The molecule has 1 nitrogen and oxygen atoms in total. The third-order valence-corrected chi connectivity index (χ3v) is 4.17. The van der Waals surface area contributed by atoms with E-state index < -0.39 is 0 Å². The number of hydrogen-bond acceptors (Lipinski definition) is 1. The zero-order valence-electron chi connectivity index (χ0n) is 13.1. The molecule has 0 aliphatic rings. The molecule has 0 saturated carbocycles. The zero-order chi connectivity index (χ0) is 15.2. The van der Waals surface area contributed by atoms with Crippen LogP contribution in [0.4, 0.5) is 0 Å². The zero-order valence-corrected chi connectivity index (χ0v) is 13.8. The Morgan fingerprint density at radius 1 is 0.905 bits per heavy atom. The molecule has 2 aromatic rings. The normalized spacial score (nSPS) is 12.6. The van der Waals surface area contributed by atoms with Gasteiger partial charge in [0.1, 0.15) is 0 Å². The molecule has 0 aromatic heterocycles. The summed E-state index contributed by atoms with van der Waals surface area (Å²) < 4.78 is 0. The molecule has 21 heavy (non-hydrogen) atoms. The van der Waals surface area contributed by atoms with Gasteiger partial charge in [-0.15, -0.1) is 0 Å². The third-order valence-electron chi connectivity index (χ3n) is 3.92. The summed E-state index contributed by atoms with van der Waals surface area (Å²) in [6.07, 6.45) is 1.04. The predicted octanol–water partition coefficient (Wildman–Crippen LogP) is 5.01. The van der Waals surface area contributed by atoms with Gasteiger partial charge in [-0.2, -0.15) is 0 Å². The lowest BCUT2D eigenvalue weighted by Gasteiger charge is -2.18. The van der Waals surface area contributed by atoms with E-state index in [2.05, 4.69) is 55.6 Å². The fourth-order valence-corrected chi connectivity index (χ4v) is 2.74. The summed E-state index contributed by atoms with van der Waals surface area (Å²) in [5, 5.41) is 4.09. The number of nitrogens with one attached hydrogen (secondary N) is 1. The van der Waals surface area contributed by atoms with Gasteiger partial charge in [-0.05, 0) is 48.2 Å². The van der Waals surface area contributed by atoms with Crippen LogP contribution in [0.15, 0.2) is 48.5 Å². The fraction of sp³-hybridized carbons (Fsp3) is 0.368. The molecule has 1 atom stereocenters. The van der Waals surface area contributed by atoms with E-state index in [4.69, 9.17) is 11.6 Å². The van der Waals surface area contributed by atoms with Crippen LogP contribution in [0.2, 0.25) is 5.02 Å². The highest BCUT2D eigenvalue weighted by Crippen LogP contribution is 2.23. The second kappa shape index (κ2) is 7.63. The molecule has 0 fully saturated rings. The van der Waals surface area contributed by atoms with E-state index in [9.17, 15) is 0 Å². The van der Waals surface area contributed by atoms with E-state index in [1.54, 1.807) is 0 Å². The summed E-state index contributed by atoms with van der Waals surface area (Å²) >= 11 is 5.99. The number of benzene rings is 2. The first-order valence-electron chi connectivity index (χ1n) is 7.59. The first-order chi connectivity index (χ1) is 10.1. The van der Waals surface area contributed by atoms with Crippen molar-refractivity contribution >= 4 is 11.6 Å². The Labute approximate surface area is 133 Å². The summed E-state index contributed by atoms with van der Waals surface area (Å²) in [5.74, 6) is 1.06. The van der Waals surface area contributed by atoms with Crippen LogP contribution in [0.25, 0.3) is 0 Å². The number of rotatable bonds is 6. The quantitative estimate of drug-likeness (QED) is 0.791. The van der Waals surface area contributed by atoms with Gasteiger partial charge in [0.25, 0.3) is 0 Å². The molecule has 112 valence electrons. The Morgan fingerprint density at radius 3 is 2.00 bits per heavy atom. The van der Waals surface area contributed by atoms with E-state index in [1.165, 1.54) is 16.7 Å². The predicted molar refractivity (Wildman–Crippen MR) is 92.4 cm³/mol. The van der Waals surface area contributed by atoms with E-state index in [-0.39, 0.29) is 0 Å². The van der Waals surface area contributed by atoms with Crippen molar-refractivity contribution in [2.24, 2.45) is 0 Å². The molecule has 0 amide bonds. The Kier molecular flexibility index (Phi) is 5.84. The molecule has 1 N–H and O–H groups in total. The number of likely N-dealkylation sites (N-methyl/N-ethyl adjacent to an activating group) is 1. The summed E-state index contributed by atoms with van der Waals surface area (Å²) in [6.45, 7) is 5.42. The molecule has 0 radical (unpaired) electrons. The van der Waals surface area contributed by atoms with Gasteiger partial charge in [0, 0.05) is 17.5 Å². The van der Waals surface area contributed by atoms with Crippen LogP contribution in [-0.2, 0) is 6.42 Å². The van der Waals surface area contributed by atoms with Crippen molar-refractivity contribution in [2.45, 2.75) is 32.1 Å². The third kappa shape index (κ3) is 4.59. The van der Waals surface area contributed by atoms with Crippen molar-refractivity contribution in [1.82, 2.24) is 5.32 Å². The lowest BCUT2D eigenvalue weighted by atomic mass is 9.91. The Morgan fingerprint density at radius 2 is 1.48 bits per heavy atom. The lowest BCUT2D eigenvalue weighted by Crippen LogP contribution is -2.19. The highest BCUT2D eigenvalue weighted by molar-refractivity contribution is 6.30. The summed E-state index contributed by atoms with van der Waals surface area (Å²) in [5.41, 5.74) is 4.12. The Bertz CT molecular complexity index is 543. The Hall–Kier alpha value is -1.31. The van der Waals surface area contributed by atoms with Crippen LogP contribution in [0, 0.1) is 0 Å². The first-order valence-corrected chi connectivity index (χ1v) is 7.97. The van der Waals surface area contributed by atoms with Crippen LogP contribution in [0.3, 0.4) is 0 Å². The van der Waals surface area contributed by atoms with Gasteiger partial charge in [0.2, 0.25) is 0 Å². The van der Waals surface area contributed by atoms with Crippen molar-refractivity contribution < 1.29 is 0 Å². The van der Waals surface area contributed by atoms with Crippen molar-refractivity contribution in [3.05, 3.63) is 70.2 Å². The van der Waals surface area contributed by atoms with Crippen molar-refractivity contribution in [3.63, 3.8) is 0 Å². The van der Waals surface area contributed by atoms with Gasteiger partial charge in [-0.3, -0.25) is 0 Å². The topological polar surface area (TPSA) is 12.0 Å². The van der Waals surface area contributed by atoms with E-state index in [1.807, 2.05) is 19.2 Å². The SMILES string of the molecule is CNCC(Cc1ccc(C(C)C)cc1)c1ccc(Cl)cc1. The highest BCUT2D eigenvalue weighted by atomic mass is 35.5. The lowest BCUT2D eigenvalue weighted by molar-refractivity contribution is 0.625. The molecule has 0 bridgehead atoms. The van der Waals surface area contributed by atoms with Gasteiger partial charge < -0.3 is 5.32 Å². The first kappa shape index (κ1) is 16.1. The average Bonchev–Trinajstić information content (AvgIpc) is 2.48. The molecule has 2 heteroatoms. The summed E-state index contributed by atoms with van der Waals surface area (Å²) in [6, 6.07) is 17.2. The van der Waals surface area contributed by atoms with Crippen molar-refractivity contribution in [1.29, 1.82) is 0 Å². The maximum absolute atomic E-state index is 5.99. The minimum Gasteiger partial charge on any atom is -0.319 e. The summed E-state index contributed by atoms with van der Waals surface area (Å²) in [4.78, 5) is 0. The molecule has 0 aliphatic carbocycles. The summed E-state index contributed by atoms with van der Waals surface area (Å²) in [7, 11) is 2.00. The standard InChI is InChI=1S/C19H24ClN/c1-14(2)16-6-4-15(5-7-16)12-18(13-21-3)17-8-10-19(20)11-9-17/h4-11,14,18,21H,12-13H2,1-3H3. The minimum atomic E-state index is 0.470. The Balaban J connectivity index is 2.13. The van der Waals surface area contributed by atoms with Crippen molar-refractivity contribution in [2.75, 3.05) is 13.6 Å².